The van der Waals surface area contributed by atoms with Crippen LogP contribution in [0.1, 0.15) is 36.0 Å². The summed E-state index contributed by atoms with van der Waals surface area (Å²) in [6.45, 7) is 0. The van der Waals surface area contributed by atoms with E-state index >= 15 is 0 Å². The van der Waals surface area contributed by atoms with Crippen molar-refractivity contribution in [3.05, 3.63) is 39.9 Å². The van der Waals surface area contributed by atoms with Gasteiger partial charge in [-0.1, -0.05) is 0 Å². The largest absolute Gasteiger partial charge is 0.458 e. The third-order valence-corrected chi connectivity index (χ3v) is 4.83. The lowest BCUT2D eigenvalue weighted by molar-refractivity contribution is -0.923. The highest BCUT2D eigenvalue weighted by Gasteiger charge is 2.43. The minimum Gasteiger partial charge on any atom is -0.458 e. The van der Waals surface area contributed by atoms with Gasteiger partial charge in [0, 0.05) is 37.8 Å². The second-order valence-electron chi connectivity index (χ2n) is 6.02. The van der Waals surface area contributed by atoms with Gasteiger partial charge >= 0.3 is 5.97 Å². The number of fused-ring (bicyclic) bond motifs is 2. The van der Waals surface area contributed by atoms with E-state index in [4.69, 9.17) is 4.74 Å². The fraction of sp³-hybridized carbons (Fsp3) is 0.533. The molecule has 0 aromatic heterocycles. The van der Waals surface area contributed by atoms with Crippen LogP contribution in [0.5, 0.6) is 0 Å². The summed E-state index contributed by atoms with van der Waals surface area (Å²) < 4.78 is 5.58. The van der Waals surface area contributed by atoms with Crippen LogP contribution in [-0.2, 0) is 4.74 Å². The Bertz CT molecular complexity index is 543. The first kappa shape index (κ1) is 14.0. The first-order valence-corrected chi connectivity index (χ1v) is 7.33. The van der Waals surface area contributed by atoms with Crippen LogP contribution in [0.3, 0.4) is 0 Å². The van der Waals surface area contributed by atoms with Gasteiger partial charge in [0.2, 0.25) is 0 Å². The SMILES string of the molecule is C[NH+]1[C@@H]2CC[C@H]1CC(OC(=O)c1ccc([N+](=O)[O-])cc1)C2. The van der Waals surface area contributed by atoms with E-state index < -0.39 is 4.92 Å². The molecule has 0 spiro atoms. The maximum Gasteiger partial charge on any atom is 0.338 e. The highest BCUT2D eigenvalue weighted by Crippen LogP contribution is 2.25. The highest BCUT2D eigenvalue weighted by molar-refractivity contribution is 5.89. The zero-order valence-corrected chi connectivity index (χ0v) is 12.0. The molecule has 1 N–H and O–H groups in total. The van der Waals surface area contributed by atoms with Crippen LogP contribution in [0.25, 0.3) is 0 Å². The molecule has 0 amide bonds. The van der Waals surface area contributed by atoms with Crippen molar-refractivity contribution in [1.29, 1.82) is 0 Å². The van der Waals surface area contributed by atoms with Crippen molar-refractivity contribution >= 4 is 11.7 Å². The van der Waals surface area contributed by atoms with Crippen LogP contribution in [0.4, 0.5) is 5.69 Å². The number of nitro groups is 1. The number of piperidine rings is 1. The normalized spacial score (nSPS) is 30.9. The van der Waals surface area contributed by atoms with Gasteiger partial charge in [-0.05, 0) is 12.1 Å². The van der Waals surface area contributed by atoms with Crippen molar-refractivity contribution in [3.63, 3.8) is 0 Å². The van der Waals surface area contributed by atoms with E-state index in [2.05, 4.69) is 7.05 Å². The van der Waals surface area contributed by atoms with E-state index in [1.165, 1.54) is 37.1 Å². The lowest BCUT2D eigenvalue weighted by atomic mass is 10.0. The lowest BCUT2D eigenvalue weighted by Crippen LogP contribution is -3.15. The first-order chi connectivity index (χ1) is 10.0. The number of ether oxygens (including phenoxy) is 1. The summed E-state index contributed by atoms with van der Waals surface area (Å²) in [6.07, 6.45) is 4.24. The fourth-order valence-electron chi connectivity index (χ4n) is 3.56. The Morgan fingerprint density at radius 2 is 1.81 bits per heavy atom. The molecule has 2 unspecified atom stereocenters. The Balaban J connectivity index is 1.63. The number of quaternary nitrogens is 1. The predicted molar refractivity (Wildman–Crippen MR) is 75.2 cm³/mol. The third kappa shape index (κ3) is 2.76. The fourth-order valence-corrected chi connectivity index (χ4v) is 3.56. The summed E-state index contributed by atoms with van der Waals surface area (Å²) in [5.74, 6) is -0.381. The summed E-state index contributed by atoms with van der Waals surface area (Å²) in [7, 11) is 2.22. The van der Waals surface area contributed by atoms with E-state index in [9.17, 15) is 14.9 Å². The number of benzene rings is 1. The molecular formula is C15H19N2O4+. The minimum absolute atomic E-state index is 0.0195. The number of rotatable bonds is 3. The van der Waals surface area contributed by atoms with Crippen LogP contribution in [0, 0.1) is 10.1 Å². The molecule has 0 saturated carbocycles. The molecule has 2 fully saturated rings. The molecule has 112 valence electrons. The van der Waals surface area contributed by atoms with Gasteiger partial charge in [0.25, 0.3) is 5.69 Å². The number of hydrogen-bond acceptors (Lipinski definition) is 4. The van der Waals surface area contributed by atoms with Gasteiger partial charge in [0.15, 0.2) is 0 Å². The molecule has 6 nitrogen and oxygen atoms in total. The van der Waals surface area contributed by atoms with Crippen LogP contribution in [0.2, 0.25) is 0 Å². The molecule has 1 aromatic carbocycles. The lowest BCUT2D eigenvalue weighted by Gasteiger charge is -2.33. The van der Waals surface area contributed by atoms with Crippen molar-refractivity contribution in [2.24, 2.45) is 0 Å². The molecule has 2 aliphatic rings. The van der Waals surface area contributed by atoms with Crippen LogP contribution in [-0.4, -0.2) is 36.1 Å². The summed E-state index contributed by atoms with van der Waals surface area (Å²) in [5.41, 5.74) is 0.353. The Kier molecular flexibility index (Phi) is 3.63. The number of esters is 1. The number of carbonyl (C=O) groups is 1. The van der Waals surface area contributed by atoms with Gasteiger partial charge < -0.3 is 9.64 Å². The Hall–Kier alpha value is -1.95. The standard InChI is InChI=1S/C15H18N2O4/c1-16-12-6-7-13(16)9-14(8-12)21-15(18)10-2-4-11(5-3-10)17(19)20/h2-5,12-14H,6-9H2,1H3/p+1/t12-,13+,14?. The van der Waals surface area contributed by atoms with E-state index in [-0.39, 0.29) is 17.8 Å². The van der Waals surface area contributed by atoms with E-state index in [1.807, 2.05) is 0 Å². The second-order valence-corrected chi connectivity index (χ2v) is 6.02. The maximum atomic E-state index is 12.1. The van der Waals surface area contributed by atoms with Gasteiger partial charge in [0.05, 0.1) is 29.6 Å². The van der Waals surface area contributed by atoms with Crippen molar-refractivity contribution < 1.29 is 19.4 Å². The molecule has 1 aromatic rings. The molecule has 2 saturated heterocycles. The van der Waals surface area contributed by atoms with E-state index in [0.29, 0.717) is 17.6 Å². The molecule has 2 heterocycles. The Morgan fingerprint density at radius 1 is 1.24 bits per heavy atom. The topological polar surface area (TPSA) is 73.9 Å². The van der Waals surface area contributed by atoms with Crippen molar-refractivity contribution in [3.8, 4) is 0 Å². The van der Waals surface area contributed by atoms with E-state index in [1.54, 1.807) is 4.90 Å². The number of nitrogens with zero attached hydrogens (tertiary/aromatic N) is 1. The molecule has 4 atom stereocenters. The molecular weight excluding hydrogens is 272 g/mol. The van der Waals surface area contributed by atoms with Gasteiger partial charge in [-0.25, -0.2) is 4.79 Å². The monoisotopic (exact) mass is 291 g/mol. The van der Waals surface area contributed by atoms with Crippen molar-refractivity contribution in [2.45, 2.75) is 43.9 Å². The van der Waals surface area contributed by atoms with Gasteiger partial charge in [-0.15, -0.1) is 0 Å². The second kappa shape index (κ2) is 5.44. The Morgan fingerprint density at radius 3 is 2.33 bits per heavy atom. The third-order valence-electron chi connectivity index (χ3n) is 4.83. The average molecular weight is 291 g/mol. The van der Waals surface area contributed by atoms with Crippen molar-refractivity contribution in [2.75, 3.05) is 7.05 Å². The van der Waals surface area contributed by atoms with Crippen LogP contribution < -0.4 is 4.90 Å². The minimum atomic E-state index is -0.480. The highest BCUT2D eigenvalue weighted by atomic mass is 16.6. The predicted octanol–water partition coefficient (Wildman–Crippen LogP) is 0.960. The number of nitrogens with one attached hydrogen (secondary N) is 1. The number of nitro benzene ring substituents is 1. The molecule has 0 aliphatic carbocycles. The number of hydrogen-bond donors (Lipinski definition) is 1. The summed E-state index contributed by atoms with van der Waals surface area (Å²) in [6, 6.07) is 6.76. The quantitative estimate of drug-likeness (QED) is 0.511. The molecule has 6 heteroatoms. The van der Waals surface area contributed by atoms with Gasteiger partial charge in [0.1, 0.15) is 6.10 Å². The van der Waals surface area contributed by atoms with Crippen LogP contribution >= 0.6 is 0 Å². The zero-order valence-electron chi connectivity index (χ0n) is 12.0. The van der Waals surface area contributed by atoms with Crippen LogP contribution in [0.15, 0.2) is 24.3 Å². The van der Waals surface area contributed by atoms with Gasteiger partial charge in [-0.3, -0.25) is 10.1 Å². The van der Waals surface area contributed by atoms with Gasteiger partial charge in [-0.2, -0.15) is 0 Å². The molecule has 0 radical (unpaired) electrons. The number of non-ortho nitro benzene ring substituents is 1. The summed E-state index contributed by atoms with van der Waals surface area (Å²) in [4.78, 5) is 23.8. The van der Waals surface area contributed by atoms with E-state index in [0.717, 1.165) is 12.8 Å². The summed E-state index contributed by atoms with van der Waals surface area (Å²) in [5, 5.41) is 10.6. The molecule has 2 aliphatic heterocycles. The molecule has 3 rings (SSSR count). The molecule has 2 bridgehead atoms. The Labute approximate surface area is 122 Å². The zero-order chi connectivity index (χ0) is 15.0. The smallest absolute Gasteiger partial charge is 0.338 e. The first-order valence-electron chi connectivity index (χ1n) is 7.33. The molecule has 21 heavy (non-hydrogen) atoms. The maximum absolute atomic E-state index is 12.1. The average Bonchev–Trinajstić information content (AvgIpc) is 2.69. The summed E-state index contributed by atoms with van der Waals surface area (Å²) >= 11 is 0. The number of carbonyl (C=O) groups excluding carboxylic acids is 1. The van der Waals surface area contributed by atoms with Crippen molar-refractivity contribution in [1.82, 2.24) is 0 Å².